The van der Waals surface area contributed by atoms with Crippen molar-refractivity contribution in [3.63, 3.8) is 0 Å². The van der Waals surface area contributed by atoms with Crippen LogP contribution in [-0.2, 0) is 12.7 Å². The average Bonchev–Trinajstić information content (AvgIpc) is 3.44. The highest BCUT2D eigenvalue weighted by Gasteiger charge is 2.32. The van der Waals surface area contributed by atoms with E-state index < -0.39 is 23.6 Å². The van der Waals surface area contributed by atoms with Crippen LogP contribution in [0.25, 0.3) is 11.1 Å². The summed E-state index contributed by atoms with van der Waals surface area (Å²) >= 11 is 0. The fourth-order valence-corrected chi connectivity index (χ4v) is 4.64. The normalized spacial score (nSPS) is 18.9. The van der Waals surface area contributed by atoms with Crippen LogP contribution in [0.5, 0.6) is 0 Å². The van der Waals surface area contributed by atoms with Gasteiger partial charge in [0.1, 0.15) is 5.82 Å². The lowest BCUT2D eigenvalue weighted by atomic mass is 9.92. The summed E-state index contributed by atoms with van der Waals surface area (Å²) < 4.78 is 53.9. The summed E-state index contributed by atoms with van der Waals surface area (Å²) in [5.74, 6) is -0.850. The van der Waals surface area contributed by atoms with E-state index in [1.165, 1.54) is 24.3 Å². The van der Waals surface area contributed by atoms with Crippen LogP contribution in [0.15, 0.2) is 54.6 Å². The maximum absolute atomic E-state index is 15.2. The first kappa shape index (κ1) is 24.7. The van der Waals surface area contributed by atoms with E-state index in [1.807, 2.05) is 6.92 Å². The van der Waals surface area contributed by atoms with E-state index >= 15 is 4.39 Å². The molecule has 3 amide bonds. The largest absolute Gasteiger partial charge is 0.416 e. The average molecular weight is 513 g/mol. The molecule has 2 heterocycles. The van der Waals surface area contributed by atoms with Gasteiger partial charge in [0.05, 0.1) is 17.3 Å². The van der Waals surface area contributed by atoms with Crippen LogP contribution in [0.2, 0.25) is 0 Å². The number of hydrogen-bond acceptors (Lipinski definition) is 4. The quantitative estimate of drug-likeness (QED) is 0.318. The third-order valence-electron chi connectivity index (χ3n) is 6.35. The molecule has 1 fully saturated rings. The Morgan fingerprint density at radius 3 is 2.41 bits per heavy atom. The molecule has 192 valence electrons. The van der Waals surface area contributed by atoms with Gasteiger partial charge in [0.15, 0.2) is 0 Å². The van der Waals surface area contributed by atoms with E-state index in [4.69, 9.17) is 0 Å². The summed E-state index contributed by atoms with van der Waals surface area (Å²) in [4.78, 5) is 24.9. The Hall–Kier alpha value is -3.96. The third kappa shape index (κ3) is 5.00. The number of halogens is 4. The second-order valence-electron chi connectivity index (χ2n) is 9.00. The maximum atomic E-state index is 15.2. The minimum Gasteiger partial charge on any atom is -0.348 e. The van der Waals surface area contributed by atoms with Gasteiger partial charge in [0.2, 0.25) is 0 Å². The van der Waals surface area contributed by atoms with Crippen LogP contribution in [0, 0.1) is 5.82 Å². The Bertz CT molecular complexity index is 1390. The fraction of sp³-hybridized carbons (Fsp3) is 0.231. The number of fused-ring (bicyclic) bond motifs is 1. The molecule has 0 aliphatic carbocycles. The molecule has 2 unspecified atom stereocenters. The molecule has 5 N–H and O–H groups in total. The number of urea groups is 1. The second-order valence-corrected chi connectivity index (χ2v) is 9.00. The van der Waals surface area contributed by atoms with E-state index in [2.05, 4.69) is 26.6 Å². The van der Waals surface area contributed by atoms with Gasteiger partial charge in [0, 0.05) is 36.1 Å². The zero-order valence-electron chi connectivity index (χ0n) is 19.6. The summed E-state index contributed by atoms with van der Waals surface area (Å²) in [5, 5.41) is 14.3. The molecule has 7 nitrogen and oxygen atoms in total. The summed E-state index contributed by atoms with van der Waals surface area (Å²) in [6, 6.07) is 11.3. The van der Waals surface area contributed by atoms with Crippen LogP contribution in [0.4, 0.5) is 33.7 Å². The van der Waals surface area contributed by atoms with Crippen molar-refractivity contribution in [2.75, 3.05) is 17.2 Å². The second kappa shape index (κ2) is 9.49. The van der Waals surface area contributed by atoms with Crippen molar-refractivity contribution in [1.29, 1.82) is 0 Å². The standard InChI is InChI=1S/C26H23F4N5O2/c1-13-11-31-23(33-13)19-8-7-17(20-12-32-24(36)22(19)20)18-6-5-16(10-21(18)27)35-25(37)34-15-4-2-3-14(9-15)26(28,29)30/h2-10,13,23,31,33H,11-12H2,1H3,(H,32,36)(H2,34,35,37). The predicted molar refractivity (Wildman–Crippen MR) is 130 cm³/mol. The molecular weight excluding hydrogens is 490 g/mol. The topological polar surface area (TPSA) is 94.3 Å². The number of carbonyl (C=O) groups excluding carboxylic acids is 2. The van der Waals surface area contributed by atoms with Gasteiger partial charge in [-0.25, -0.2) is 9.18 Å². The molecule has 37 heavy (non-hydrogen) atoms. The third-order valence-corrected chi connectivity index (χ3v) is 6.35. The van der Waals surface area contributed by atoms with E-state index in [0.717, 1.165) is 30.3 Å². The molecule has 0 spiro atoms. The summed E-state index contributed by atoms with van der Waals surface area (Å²) in [7, 11) is 0. The van der Waals surface area contributed by atoms with Crippen molar-refractivity contribution in [3.05, 3.63) is 82.7 Å². The van der Waals surface area contributed by atoms with Gasteiger partial charge in [-0.2, -0.15) is 13.2 Å². The van der Waals surface area contributed by atoms with Crippen molar-refractivity contribution < 1.29 is 27.2 Å². The van der Waals surface area contributed by atoms with Crippen molar-refractivity contribution >= 4 is 23.3 Å². The molecule has 2 aliphatic heterocycles. The Morgan fingerprint density at radius 1 is 1.00 bits per heavy atom. The maximum Gasteiger partial charge on any atom is 0.416 e. The first-order valence-corrected chi connectivity index (χ1v) is 11.6. The lowest BCUT2D eigenvalue weighted by molar-refractivity contribution is -0.137. The number of nitrogens with one attached hydrogen (secondary N) is 5. The van der Waals surface area contributed by atoms with Crippen LogP contribution >= 0.6 is 0 Å². The zero-order valence-corrected chi connectivity index (χ0v) is 19.6. The highest BCUT2D eigenvalue weighted by Crippen LogP contribution is 2.36. The van der Waals surface area contributed by atoms with E-state index in [1.54, 1.807) is 12.1 Å². The van der Waals surface area contributed by atoms with Gasteiger partial charge in [0.25, 0.3) is 5.91 Å². The van der Waals surface area contributed by atoms with E-state index in [-0.39, 0.29) is 41.6 Å². The first-order valence-electron chi connectivity index (χ1n) is 11.6. The number of carbonyl (C=O) groups is 2. The number of hydrogen-bond donors (Lipinski definition) is 5. The Kier molecular flexibility index (Phi) is 6.34. The van der Waals surface area contributed by atoms with Crippen molar-refractivity contribution in [2.24, 2.45) is 0 Å². The SMILES string of the molecule is CC1CNC(c2ccc(-c3ccc(NC(=O)Nc4cccc(C(F)(F)F)c4)cc3F)c3c2C(=O)NC3)N1. The monoisotopic (exact) mass is 513 g/mol. The van der Waals surface area contributed by atoms with Gasteiger partial charge < -0.3 is 16.0 Å². The molecule has 1 saturated heterocycles. The number of rotatable bonds is 4. The van der Waals surface area contributed by atoms with Gasteiger partial charge in [-0.05, 0) is 60.0 Å². The number of alkyl halides is 3. The van der Waals surface area contributed by atoms with Gasteiger partial charge >= 0.3 is 12.2 Å². The summed E-state index contributed by atoms with van der Waals surface area (Å²) in [5.41, 5.74) is 1.96. The van der Waals surface area contributed by atoms with Gasteiger partial charge in [-0.15, -0.1) is 0 Å². The fourth-order valence-electron chi connectivity index (χ4n) is 4.64. The van der Waals surface area contributed by atoms with Crippen LogP contribution in [-0.4, -0.2) is 24.5 Å². The minimum atomic E-state index is -4.55. The van der Waals surface area contributed by atoms with Gasteiger partial charge in [-0.1, -0.05) is 18.2 Å². The molecule has 11 heteroatoms. The molecule has 0 radical (unpaired) electrons. The molecule has 2 aliphatic rings. The number of amides is 3. The number of anilines is 2. The highest BCUT2D eigenvalue weighted by atomic mass is 19.4. The molecule has 0 bridgehead atoms. The smallest absolute Gasteiger partial charge is 0.348 e. The molecule has 3 aromatic carbocycles. The van der Waals surface area contributed by atoms with Crippen molar-refractivity contribution in [3.8, 4) is 11.1 Å². The molecule has 3 aromatic rings. The zero-order chi connectivity index (χ0) is 26.3. The van der Waals surface area contributed by atoms with Gasteiger partial charge in [-0.3, -0.25) is 15.4 Å². The Balaban J connectivity index is 1.36. The number of benzene rings is 3. The summed E-state index contributed by atoms with van der Waals surface area (Å²) in [6.07, 6.45) is -4.73. The van der Waals surface area contributed by atoms with E-state index in [0.29, 0.717) is 16.7 Å². The Morgan fingerprint density at radius 2 is 1.73 bits per heavy atom. The van der Waals surface area contributed by atoms with Crippen molar-refractivity contribution in [1.82, 2.24) is 16.0 Å². The van der Waals surface area contributed by atoms with Crippen LogP contribution < -0.4 is 26.6 Å². The lowest BCUT2D eigenvalue weighted by Gasteiger charge is -2.18. The first-order chi connectivity index (χ1) is 17.6. The Labute approximate surface area is 209 Å². The lowest BCUT2D eigenvalue weighted by Crippen LogP contribution is -2.26. The summed E-state index contributed by atoms with van der Waals surface area (Å²) in [6.45, 7) is 3.05. The van der Waals surface area contributed by atoms with Crippen molar-refractivity contribution in [2.45, 2.75) is 31.9 Å². The van der Waals surface area contributed by atoms with Crippen LogP contribution in [0.3, 0.4) is 0 Å². The molecule has 0 aromatic heterocycles. The highest BCUT2D eigenvalue weighted by molar-refractivity contribution is 6.02. The molecule has 2 atom stereocenters. The minimum absolute atomic E-state index is 0.0575. The predicted octanol–water partition coefficient (Wildman–Crippen LogP) is 4.98. The molecule has 0 saturated carbocycles. The molecular formula is C26H23F4N5O2. The van der Waals surface area contributed by atoms with E-state index in [9.17, 15) is 22.8 Å². The van der Waals surface area contributed by atoms with Crippen LogP contribution in [0.1, 0.15) is 40.1 Å². The molecule has 5 rings (SSSR count).